The number of benzene rings is 1. The lowest BCUT2D eigenvalue weighted by molar-refractivity contribution is -0.136. The molecule has 1 heterocycles. The molecular weight excluding hydrogens is 362 g/mol. The second-order valence-corrected chi connectivity index (χ2v) is 9.41. The van der Waals surface area contributed by atoms with E-state index < -0.39 is 11.6 Å². The molecular formula is C20H27N3O3S. The molecule has 2 aliphatic rings. The van der Waals surface area contributed by atoms with E-state index in [0.717, 1.165) is 16.2 Å². The van der Waals surface area contributed by atoms with Crippen molar-refractivity contribution in [3.8, 4) is 0 Å². The van der Waals surface area contributed by atoms with Gasteiger partial charge in [0.05, 0.1) is 0 Å². The highest BCUT2D eigenvalue weighted by atomic mass is 32.2. The lowest BCUT2D eigenvalue weighted by Crippen LogP contribution is -2.54. The zero-order valence-electron chi connectivity index (χ0n) is 16.3. The van der Waals surface area contributed by atoms with Gasteiger partial charge in [0.25, 0.3) is 5.91 Å². The molecule has 1 saturated heterocycles. The van der Waals surface area contributed by atoms with Crippen LogP contribution in [0.4, 0.5) is 10.5 Å². The fourth-order valence-electron chi connectivity index (χ4n) is 4.67. The number of hydrogen-bond acceptors (Lipinski definition) is 4. The number of urea groups is 1. The SMILES string of the molecule is CSc1ccc(NC(=O)CN2C(=O)NC3(CC(C)CC(C)(C)C3)C2=O)cc1. The second-order valence-electron chi connectivity index (χ2n) is 8.53. The van der Waals surface area contributed by atoms with E-state index in [0.29, 0.717) is 24.4 Å². The number of carbonyl (C=O) groups is 3. The summed E-state index contributed by atoms with van der Waals surface area (Å²) < 4.78 is 0. The van der Waals surface area contributed by atoms with Gasteiger partial charge in [0.15, 0.2) is 0 Å². The maximum Gasteiger partial charge on any atom is 0.325 e. The molecule has 1 spiro atoms. The van der Waals surface area contributed by atoms with Gasteiger partial charge in [-0.15, -0.1) is 11.8 Å². The van der Waals surface area contributed by atoms with Gasteiger partial charge >= 0.3 is 6.03 Å². The summed E-state index contributed by atoms with van der Waals surface area (Å²) in [6.07, 6.45) is 4.22. The number of imide groups is 1. The van der Waals surface area contributed by atoms with Crippen molar-refractivity contribution in [2.45, 2.75) is 50.5 Å². The number of thioether (sulfide) groups is 1. The molecule has 4 amide bonds. The topological polar surface area (TPSA) is 78.5 Å². The van der Waals surface area contributed by atoms with Crippen LogP contribution in [0.2, 0.25) is 0 Å². The van der Waals surface area contributed by atoms with Crippen molar-refractivity contribution in [3.63, 3.8) is 0 Å². The molecule has 3 rings (SSSR count). The third-order valence-corrected chi connectivity index (χ3v) is 6.04. The average molecular weight is 390 g/mol. The summed E-state index contributed by atoms with van der Waals surface area (Å²) in [4.78, 5) is 40.1. The maximum atomic E-state index is 13.1. The van der Waals surface area contributed by atoms with Crippen molar-refractivity contribution in [2.24, 2.45) is 11.3 Å². The molecule has 1 aliphatic carbocycles. The minimum atomic E-state index is -0.876. The third kappa shape index (κ3) is 4.13. The molecule has 6 nitrogen and oxygen atoms in total. The zero-order valence-corrected chi connectivity index (χ0v) is 17.1. The minimum absolute atomic E-state index is 0.0299. The minimum Gasteiger partial charge on any atom is -0.325 e. The van der Waals surface area contributed by atoms with Gasteiger partial charge in [0.2, 0.25) is 5.91 Å². The van der Waals surface area contributed by atoms with Gasteiger partial charge in [-0.2, -0.15) is 0 Å². The van der Waals surface area contributed by atoms with Crippen LogP contribution in [0.15, 0.2) is 29.2 Å². The number of amides is 4. The Hall–Kier alpha value is -2.02. The van der Waals surface area contributed by atoms with Gasteiger partial charge < -0.3 is 10.6 Å². The molecule has 1 aromatic carbocycles. The summed E-state index contributed by atoms with van der Waals surface area (Å²) in [5.74, 6) is -0.322. The van der Waals surface area contributed by atoms with Crippen LogP contribution in [-0.2, 0) is 9.59 Å². The zero-order chi connectivity index (χ0) is 19.8. The molecule has 1 aromatic rings. The number of nitrogens with zero attached hydrogens (tertiary/aromatic N) is 1. The quantitative estimate of drug-likeness (QED) is 0.610. The lowest BCUT2D eigenvalue weighted by atomic mass is 9.64. The summed E-state index contributed by atoms with van der Waals surface area (Å²) in [7, 11) is 0. The Morgan fingerprint density at radius 3 is 2.52 bits per heavy atom. The molecule has 2 N–H and O–H groups in total. The van der Waals surface area contributed by atoms with Gasteiger partial charge in [-0.25, -0.2) is 4.79 Å². The normalized spacial score (nSPS) is 27.0. The van der Waals surface area contributed by atoms with E-state index in [4.69, 9.17) is 0 Å². The van der Waals surface area contributed by atoms with E-state index in [1.807, 2.05) is 30.5 Å². The fourth-order valence-corrected chi connectivity index (χ4v) is 5.08. The Bertz CT molecular complexity index is 762. The molecule has 1 aliphatic heterocycles. The van der Waals surface area contributed by atoms with Crippen molar-refractivity contribution in [1.29, 1.82) is 0 Å². The predicted molar refractivity (Wildman–Crippen MR) is 107 cm³/mol. The monoisotopic (exact) mass is 389 g/mol. The van der Waals surface area contributed by atoms with E-state index in [2.05, 4.69) is 31.4 Å². The Morgan fingerprint density at radius 2 is 1.93 bits per heavy atom. The van der Waals surface area contributed by atoms with Gasteiger partial charge in [0.1, 0.15) is 12.1 Å². The average Bonchev–Trinajstić information content (AvgIpc) is 2.77. The van der Waals surface area contributed by atoms with Crippen LogP contribution in [0, 0.1) is 11.3 Å². The summed E-state index contributed by atoms with van der Waals surface area (Å²) in [6, 6.07) is 6.96. The van der Waals surface area contributed by atoms with Crippen LogP contribution in [-0.4, -0.2) is 41.1 Å². The fraction of sp³-hybridized carbons (Fsp3) is 0.550. The van der Waals surface area contributed by atoms with Gasteiger partial charge in [0, 0.05) is 10.6 Å². The van der Waals surface area contributed by atoms with Crippen molar-refractivity contribution in [1.82, 2.24) is 10.2 Å². The first-order valence-corrected chi connectivity index (χ1v) is 10.4. The highest BCUT2D eigenvalue weighted by Gasteiger charge is 2.56. The van der Waals surface area contributed by atoms with Crippen LogP contribution in [0.25, 0.3) is 0 Å². The second kappa shape index (κ2) is 7.19. The molecule has 2 fully saturated rings. The smallest absolute Gasteiger partial charge is 0.325 e. The number of hydrogen-bond donors (Lipinski definition) is 2. The Kier molecular flexibility index (Phi) is 5.25. The van der Waals surface area contributed by atoms with Crippen LogP contribution >= 0.6 is 11.8 Å². The standard InChI is InChI=1S/C20H27N3O3S/c1-13-9-19(2,3)12-20(10-13)17(25)23(18(26)22-20)11-16(24)21-14-5-7-15(27-4)8-6-14/h5-8,13H,9-12H2,1-4H3,(H,21,24)(H,22,26). The van der Waals surface area contributed by atoms with E-state index >= 15 is 0 Å². The van der Waals surface area contributed by atoms with Gasteiger partial charge in [-0.3, -0.25) is 14.5 Å². The number of anilines is 1. The van der Waals surface area contributed by atoms with E-state index in [-0.39, 0.29) is 23.8 Å². The van der Waals surface area contributed by atoms with Crippen LogP contribution in [0.5, 0.6) is 0 Å². The first-order chi connectivity index (χ1) is 12.6. The largest absolute Gasteiger partial charge is 0.325 e. The van der Waals surface area contributed by atoms with Crippen molar-refractivity contribution < 1.29 is 14.4 Å². The van der Waals surface area contributed by atoms with Crippen molar-refractivity contribution in [3.05, 3.63) is 24.3 Å². The summed E-state index contributed by atoms with van der Waals surface area (Å²) in [5, 5.41) is 5.65. The Labute approximate surface area is 164 Å². The number of carbonyl (C=O) groups excluding carboxylic acids is 3. The molecule has 0 bridgehead atoms. The van der Waals surface area contributed by atoms with Crippen LogP contribution in [0.1, 0.15) is 40.0 Å². The summed E-state index contributed by atoms with van der Waals surface area (Å²) in [6.45, 7) is 6.08. The van der Waals surface area contributed by atoms with Crippen LogP contribution in [0.3, 0.4) is 0 Å². The lowest BCUT2D eigenvalue weighted by Gasteiger charge is -2.43. The Balaban J connectivity index is 1.69. The summed E-state index contributed by atoms with van der Waals surface area (Å²) in [5.41, 5.74) is -0.261. The molecule has 0 aromatic heterocycles. The number of nitrogens with one attached hydrogen (secondary N) is 2. The van der Waals surface area contributed by atoms with Crippen molar-refractivity contribution >= 4 is 35.3 Å². The van der Waals surface area contributed by atoms with E-state index in [1.165, 1.54) is 0 Å². The molecule has 7 heteroatoms. The van der Waals surface area contributed by atoms with Gasteiger partial charge in [-0.1, -0.05) is 20.8 Å². The number of rotatable bonds is 4. The van der Waals surface area contributed by atoms with E-state index in [1.54, 1.807) is 11.8 Å². The molecule has 2 atom stereocenters. The summed E-state index contributed by atoms with van der Waals surface area (Å²) >= 11 is 1.62. The van der Waals surface area contributed by atoms with Crippen molar-refractivity contribution in [2.75, 3.05) is 18.1 Å². The molecule has 1 saturated carbocycles. The molecule has 0 radical (unpaired) electrons. The predicted octanol–water partition coefficient (Wildman–Crippen LogP) is 3.48. The maximum absolute atomic E-state index is 13.1. The molecule has 2 unspecified atom stereocenters. The van der Waals surface area contributed by atoms with E-state index in [9.17, 15) is 14.4 Å². The first-order valence-electron chi connectivity index (χ1n) is 9.22. The third-order valence-electron chi connectivity index (χ3n) is 5.30. The highest BCUT2D eigenvalue weighted by Crippen LogP contribution is 2.46. The highest BCUT2D eigenvalue weighted by molar-refractivity contribution is 7.98. The van der Waals surface area contributed by atoms with Gasteiger partial charge in [-0.05, 0) is 61.1 Å². The molecule has 146 valence electrons. The molecule has 27 heavy (non-hydrogen) atoms. The Morgan fingerprint density at radius 1 is 1.26 bits per heavy atom. The van der Waals surface area contributed by atoms with Crippen LogP contribution < -0.4 is 10.6 Å². The first kappa shape index (κ1) is 19.7.